The van der Waals surface area contributed by atoms with E-state index in [1.54, 1.807) is 24.0 Å². The van der Waals surface area contributed by atoms with Gasteiger partial charge in [0.25, 0.3) is 0 Å². The topological polar surface area (TPSA) is 59.0 Å². The van der Waals surface area contributed by atoms with Crippen LogP contribution >= 0.6 is 0 Å². The van der Waals surface area contributed by atoms with Crippen molar-refractivity contribution in [1.29, 1.82) is 0 Å². The summed E-state index contributed by atoms with van der Waals surface area (Å²) in [5.74, 6) is 0. The van der Waals surface area contributed by atoms with Gasteiger partial charge in [-0.05, 0) is 23.8 Å². The first-order valence-corrected chi connectivity index (χ1v) is 6.51. The van der Waals surface area contributed by atoms with Gasteiger partial charge in [-0.25, -0.2) is 4.79 Å². The van der Waals surface area contributed by atoms with E-state index >= 15 is 0 Å². The van der Waals surface area contributed by atoms with Crippen molar-refractivity contribution < 1.29 is 18.0 Å². The summed E-state index contributed by atoms with van der Waals surface area (Å²) in [6.07, 6.45) is -2.73. The highest BCUT2D eigenvalue weighted by molar-refractivity contribution is 5.73. The van der Waals surface area contributed by atoms with Crippen LogP contribution in [0.1, 0.15) is 16.8 Å². The van der Waals surface area contributed by atoms with Crippen LogP contribution in [0.4, 0.5) is 18.0 Å². The van der Waals surface area contributed by atoms with Gasteiger partial charge in [-0.3, -0.25) is 4.68 Å². The molecule has 0 unspecified atom stereocenters. The summed E-state index contributed by atoms with van der Waals surface area (Å²) in [6.45, 7) is 0.463. The third-order valence-corrected chi connectivity index (χ3v) is 3.09. The van der Waals surface area contributed by atoms with Crippen molar-refractivity contribution in [2.75, 3.05) is 0 Å². The van der Waals surface area contributed by atoms with Gasteiger partial charge in [0, 0.05) is 19.8 Å². The molecule has 0 spiro atoms. The predicted molar refractivity (Wildman–Crippen MR) is 73.7 cm³/mol. The van der Waals surface area contributed by atoms with Gasteiger partial charge in [0.1, 0.15) is 0 Å². The molecule has 0 aliphatic heterocycles. The largest absolute Gasteiger partial charge is 0.416 e. The fourth-order valence-electron chi connectivity index (χ4n) is 1.80. The molecular formula is C14H15F3N4O. The molecule has 1 heterocycles. The number of nitrogens with one attached hydrogen (secondary N) is 2. The first-order chi connectivity index (χ1) is 10.4. The summed E-state index contributed by atoms with van der Waals surface area (Å²) in [4.78, 5) is 11.6. The molecule has 5 nitrogen and oxygen atoms in total. The zero-order valence-corrected chi connectivity index (χ0v) is 11.8. The van der Waals surface area contributed by atoms with Gasteiger partial charge in [0.2, 0.25) is 0 Å². The average Bonchev–Trinajstić information content (AvgIpc) is 2.88. The first-order valence-electron chi connectivity index (χ1n) is 6.51. The molecule has 2 N–H and O–H groups in total. The monoisotopic (exact) mass is 312 g/mol. The van der Waals surface area contributed by atoms with Crippen LogP contribution in [0.5, 0.6) is 0 Å². The third kappa shape index (κ3) is 4.24. The minimum atomic E-state index is -4.35. The van der Waals surface area contributed by atoms with E-state index in [4.69, 9.17) is 0 Å². The molecule has 0 saturated carbocycles. The summed E-state index contributed by atoms with van der Waals surface area (Å²) in [7, 11) is 1.76. The van der Waals surface area contributed by atoms with Crippen LogP contribution in [-0.2, 0) is 26.3 Å². The second kappa shape index (κ2) is 6.50. The molecule has 0 fully saturated rings. The number of hydrogen-bond acceptors (Lipinski definition) is 2. The van der Waals surface area contributed by atoms with Crippen molar-refractivity contribution in [3.8, 4) is 0 Å². The lowest BCUT2D eigenvalue weighted by atomic mass is 10.1. The van der Waals surface area contributed by atoms with Gasteiger partial charge < -0.3 is 10.6 Å². The molecule has 2 amide bonds. The summed E-state index contributed by atoms with van der Waals surface area (Å²) in [6, 6.07) is 6.03. The molecule has 0 aliphatic carbocycles. The Morgan fingerprint density at radius 3 is 2.32 bits per heavy atom. The number of hydrogen-bond donors (Lipinski definition) is 2. The number of aryl methyl sites for hydroxylation is 1. The Morgan fingerprint density at radius 1 is 1.14 bits per heavy atom. The second-order valence-electron chi connectivity index (χ2n) is 4.68. The molecule has 0 bridgehead atoms. The first kappa shape index (κ1) is 15.9. The fourth-order valence-corrected chi connectivity index (χ4v) is 1.80. The number of alkyl halides is 3. The number of carbonyl (C=O) groups excluding carboxylic acids is 1. The highest BCUT2D eigenvalue weighted by Gasteiger charge is 2.29. The fraction of sp³-hybridized carbons (Fsp3) is 0.286. The number of carbonyl (C=O) groups is 1. The number of benzene rings is 1. The maximum atomic E-state index is 12.4. The molecule has 22 heavy (non-hydrogen) atoms. The molecule has 2 aromatic rings. The van der Waals surface area contributed by atoms with Gasteiger partial charge in [0.05, 0.1) is 17.8 Å². The number of aromatic nitrogens is 2. The molecule has 118 valence electrons. The smallest absolute Gasteiger partial charge is 0.334 e. The van der Waals surface area contributed by atoms with E-state index < -0.39 is 17.8 Å². The Hall–Kier alpha value is -2.51. The normalized spacial score (nSPS) is 11.3. The number of nitrogens with zero attached hydrogens (tertiary/aromatic N) is 2. The maximum absolute atomic E-state index is 12.4. The lowest BCUT2D eigenvalue weighted by Gasteiger charge is -2.09. The molecular weight excluding hydrogens is 297 g/mol. The van der Waals surface area contributed by atoms with Crippen LogP contribution in [0, 0.1) is 0 Å². The lowest BCUT2D eigenvalue weighted by molar-refractivity contribution is -0.137. The van der Waals surface area contributed by atoms with Crippen LogP contribution in [-0.4, -0.2) is 15.8 Å². The van der Waals surface area contributed by atoms with E-state index in [0.717, 1.165) is 17.8 Å². The molecule has 2 rings (SSSR count). The standard InChI is InChI=1S/C14H15F3N4O/c1-21-12(6-7-20-21)9-19-13(22)18-8-10-2-4-11(5-3-10)14(15,16)17/h2-7H,8-9H2,1H3,(H2,18,19,22). The van der Waals surface area contributed by atoms with Gasteiger partial charge in [-0.2, -0.15) is 18.3 Å². The summed E-state index contributed by atoms with van der Waals surface area (Å²) in [5.41, 5.74) is 0.713. The number of urea groups is 1. The van der Waals surface area contributed by atoms with E-state index in [1.165, 1.54) is 12.1 Å². The zero-order valence-electron chi connectivity index (χ0n) is 11.8. The summed E-state index contributed by atoms with van der Waals surface area (Å²) >= 11 is 0. The zero-order chi connectivity index (χ0) is 16.2. The molecule has 0 atom stereocenters. The van der Waals surface area contributed by atoms with Crippen LogP contribution in [0.3, 0.4) is 0 Å². The Labute approximate surface area is 125 Å². The quantitative estimate of drug-likeness (QED) is 0.911. The van der Waals surface area contributed by atoms with Crippen LogP contribution in [0.2, 0.25) is 0 Å². The minimum Gasteiger partial charge on any atom is -0.334 e. The number of amides is 2. The van der Waals surface area contributed by atoms with E-state index in [0.29, 0.717) is 12.1 Å². The van der Waals surface area contributed by atoms with Gasteiger partial charge in [-0.1, -0.05) is 12.1 Å². The number of rotatable bonds is 4. The minimum absolute atomic E-state index is 0.148. The number of halogens is 3. The Morgan fingerprint density at radius 2 is 1.77 bits per heavy atom. The van der Waals surface area contributed by atoms with E-state index in [9.17, 15) is 18.0 Å². The maximum Gasteiger partial charge on any atom is 0.416 e. The van der Waals surface area contributed by atoms with Crippen LogP contribution in [0.25, 0.3) is 0 Å². The van der Waals surface area contributed by atoms with E-state index in [1.807, 2.05) is 0 Å². The van der Waals surface area contributed by atoms with Gasteiger partial charge >= 0.3 is 12.2 Å². The summed E-state index contributed by atoms with van der Waals surface area (Å²) < 4.78 is 38.9. The van der Waals surface area contributed by atoms with Crippen molar-refractivity contribution in [2.24, 2.45) is 7.05 Å². The van der Waals surface area contributed by atoms with Crippen LogP contribution in [0.15, 0.2) is 36.5 Å². The molecule has 0 aliphatic rings. The Balaban J connectivity index is 1.80. The molecule has 0 radical (unpaired) electrons. The molecule has 1 aromatic carbocycles. The summed E-state index contributed by atoms with van der Waals surface area (Å²) in [5, 5.41) is 9.19. The van der Waals surface area contributed by atoms with Crippen LogP contribution < -0.4 is 10.6 Å². The van der Waals surface area contributed by atoms with Gasteiger partial charge in [-0.15, -0.1) is 0 Å². The van der Waals surface area contributed by atoms with Crippen molar-refractivity contribution in [3.05, 3.63) is 53.3 Å². The highest BCUT2D eigenvalue weighted by atomic mass is 19.4. The Bertz CT molecular complexity index is 634. The molecule has 1 aromatic heterocycles. The van der Waals surface area contributed by atoms with Crippen molar-refractivity contribution in [1.82, 2.24) is 20.4 Å². The van der Waals surface area contributed by atoms with E-state index in [2.05, 4.69) is 15.7 Å². The third-order valence-electron chi connectivity index (χ3n) is 3.09. The van der Waals surface area contributed by atoms with Gasteiger partial charge in [0.15, 0.2) is 0 Å². The lowest BCUT2D eigenvalue weighted by Crippen LogP contribution is -2.35. The average molecular weight is 312 g/mol. The Kier molecular flexibility index (Phi) is 4.69. The molecule has 8 heteroatoms. The van der Waals surface area contributed by atoms with Crippen molar-refractivity contribution in [2.45, 2.75) is 19.3 Å². The SMILES string of the molecule is Cn1nccc1CNC(=O)NCc1ccc(C(F)(F)F)cc1. The van der Waals surface area contributed by atoms with E-state index in [-0.39, 0.29) is 6.54 Å². The van der Waals surface area contributed by atoms with Crippen molar-refractivity contribution in [3.63, 3.8) is 0 Å². The van der Waals surface area contributed by atoms with Crippen molar-refractivity contribution >= 4 is 6.03 Å². The highest BCUT2D eigenvalue weighted by Crippen LogP contribution is 2.28. The molecule has 0 saturated heterocycles. The predicted octanol–water partition coefficient (Wildman–Crippen LogP) is 2.44. The second-order valence-corrected chi connectivity index (χ2v) is 4.68.